The van der Waals surface area contributed by atoms with Crippen molar-refractivity contribution < 1.29 is 9.53 Å². The summed E-state index contributed by atoms with van der Waals surface area (Å²) in [4.78, 5) is 27.7. The predicted molar refractivity (Wildman–Crippen MR) is 85.5 cm³/mol. The molecular weight excluding hydrogens is 280 g/mol. The van der Waals surface area contributed by atoms with E-state index in [9.17, 15) is 9.59 Å². The molecular formula is C17H14N2O3. The van der Waals surface area contributed by atoms with Crippen LogP contribution < -0.4 is 15.5 Å². The molecule has 0 saturated heterocycles. The Morgan fingerprint density at radius 2 is 1.86 bits per heavy atom. The van der Waals surface area contributed by atoms with Gasteiger partial charge in [0.2, 0.25) is 5.43 Å². The Labute approximate surface area is 126 Å². The van der Waals surface area contributed by atoms with Crippen LogP contribution in [-0.4, -0.2) is 18.0 Å². The summed E-state index contributed by atoms with van der Waals surface area (Å²) in [6.45, 7) is 0. The van der Waals surface area contributed by atoms with Crippen LogP contribution in [0.1, 0.15) is 10.4 Å². The van der Waals surface area contributed by atoms with Crippen LogP contribution >= 0.6 is 0 Å². The largest absolute Gasteiger partial charge is 0.495 e. The van der Waals surface area contributed by atoms with E-state index in [0.717, 1.165) is 0 Å². The topological polar surface area (TPSA) is 71.2 Å². The number of benzene rings is 2. The average molecular weight is 294 g/mol. The zero-order valence-corrected chi connectivity index (χ0v) is 11.9. The molecule has 0 unspecified atom stereocenters. The molecule has 3 rings (SSSR count). The standard InChI is InChI=1S/C17H14N2O3/c1-22-14-9-5-8-12-15(14)18-10-13(16(12)20)17(21)19-11-6-3-2-4-7-11/h2-10H,1H3,(H,18,20)(H,19,21). The van der Waals surface area contributed by atoms with Gasteiger partial charge in [0.05, 0.1) is 18.0 Å². The summed E-state index contributed by atoms with van der Waals surface area (Å²) in [6, 6.07) is 14.1. The Balaban J connectivity index is 2.03. The molecule has 1 amide bonds. The van der Waals surface area contributed by atoms with Crippen LogP contribution in [0.15, 0.2) is 59.5 Å². The highest BCUT2D eigenvalue weighted by atomic mass is 16.5. The summed E-state index contributed by atoms with van der Waals surface area (Å²) in [6.07, 6.45) is 1.41. The van der Waals surface area contributed by atoms with Crippen molar-refractivity contribution in [2.24, 2.45) is 0 Å². The minimum absolute atomic E-state index is 0.0598. The highest BCUT2D eigenvalue weighted by Crippen LogP contribution is 2.21. The van der Waals surface area contributed by atoms with E-state index in [1.165, 1.54) is 13.3 Å². The van der Waals surface area contributed by atoms with Gasteiger partial charge in [0.25, 0.3) is 5.91 Å². The fraction of sp³-hybridized carbons (Fsp3) is 0.0588. The molecule has 0 aliphatic rings. The predicted octanol–water partition coefficient (Wildman–Crippen LogP) is 2.79. The molecule has 1 heterocycles. The fourth-order valence-electron chi connectivity index (χ4n) is 2.28. The van der Waals surface area contributed by atoms with Crippen molar-refractivity contribution in [1.82, 2.24) is 4.98 Å². The van der Waals surface area contributed by atoms with Crippen LogP contribution in [0.2, 0.25) is 0 Å². The number of rotatable bonds is 3. The molecule has 5 nitrogen and oxygen atoms in total. The van der Waals surface area contributed by atoms with Crippen molar-refractivity contribution in [2.75, 3.05) is 12.4 Å². The van der Waals surface area contributed by atoms with Crippen LogP contribution in [0, 0.1) is 0 Å². The van der Waals surface area contributed by atoms with Crippen LogP contribution in [0.4, 0.5) is 5.69 Å². The lowest BCUT2D eigenvalue weighted by molar-refractivity contribution is 0.102. The molecule has 0 aliphatic heterocycles. The number of para-hydroxylation sites is 2. The third-order valence-electron chi connectivity index (χ3n) is 3.37. The highest BCUT2D eigenvalue weighted by molar-refractivity contribution is 6.05. The second-order valence-corrected chi connectivity index (χ2v) is 4.73. The first-order valence-electron chi connectivity index (χ1n) is 6.75. The minimum Gasteiger partial charge on any atom is -0.495 e. The lowest BCUT2D eigenvalue weighted by Crippen LogP contribution is -2.22. The molecule has 0 spiro atoms. The Bertz CT molecular complexity index is 885. The third-order valence-corrected chi connectivity index (χ3v) is 3.37. The zero-order chi connectivity index (χ0) is 15.5. The molecule has 0 bridgehead atoms. The van der Waals surface area contributed by atoms with Gasteiger partial charge in [0, 0.05) is 11.9 Å². The minimum atomic E-state index is -0.447. The molecule has 0 atom stereocenters. The van der Waals surface area contributed by atoms with Gasteiger partial charge < -0.3 is 15.0 Å². The van der Waals surface area contributed by atoms with E-state index in [4.69, 9.17) is 4.74 Å². The maximum Gasteiger partial charge on any atom is 0.261 e. The Kier molecular flexibility index (Phi) is 3.62. The maximum atomic E-state index is 12.5. The first-order chi connectivity index (χ1) is 10.7. The monoisotopic (exact) mass is 294 g/mol. The number of nitrogens with one attached hydrogen (secondary N) is 2. The van der Waals surface area contributed by atoms with Crippen LogP contribution in [0.5, 0.6) is 5.75 Å². The number of aromatic nitrogens is 1. The van der Waals surface area contributed by atoms with Gasteiger partial charge in [-0.15, -0.1) is 0 Å². The SMILES string of the molecule is COc1cccc2c(=O)c(C(=O)Nc3ccccc3)c[nH]c12. The Morgan fingerprint density at radius 3 is 2.59 bits per heavy atom. The number of anilines is 1. The fourth-order valence-corrected chi connectivity index (χ4v) is 2.28. The number of ether oxygens (including phenoxy) is 1. The van der Waals surface area contributed by atoms with Crippen LogP contribution in [0.3, 0.4) is 0 Å². The van der Waals surface area contributed by atoms with Gasteiger partial charge in [-0.1, -0.05) is 24.3 Å². The lowest BCUT2D eigenvalue weighted by atomic mass is 10.1. The van der Waals surface area contributed by atoms with Crippen LogP contribution in [-0.2, 0) is 0 Å². The molecule has 1 aromatic heterocycles. The van der Waals surface area contributed by atoms with E-state index >= 15 is 0 Å². The van der Waals surface area contributed by atoms with Gasteiger partial charge in [-0.25, -0.2) is 0 Å². The molecule has 0 saturated carbocycles. The number of amides is 1. The van der Waals surface area contributed by atoms with Crippen molar-refractivity contribution in [2.45, 2.75) is 0 Å². The van der Waals surface area contributed by atoms with Gasteiger partial charge in [-0.3, -0.25) is 9.59 Å². The van der Waals surface area contributed by atoms with Gasteiger partial charge in [0.1, 0.15) is 11.3 Å². The van der Waals surface area contributed by atoms with E-state index in [-0.39, 0.29) is 11.0 Å². The quantitative estimate of drug-likeness (QED) is 0.780. The molecule has 2 aromatic carbocycles. The van der Waals surface area contributed by atoms with Crippen molar-refractivity contribution in [3.05, 3.63) is 70.5 Å². The Morgan fingerprint density at radius 1 is 1.09 bits per heavy atom. The van der Waals surface area contributed by atoms with Gasteiger partial charge in [0.15, 0.2) is 0 Å². The summed E-state index contributed by atoms with van der Waals surface area (Å²) in [5.74, 6) is 0.113. The Hall–Kier alpha value is -3.08. The summed E-state index contributed by atoms with van der Waals surface area (Å²) in [5, 5.41) is 3.12. The molecule has 3 aromatic rings. The summed E-state index contributed by atoms with van der Waals surface area (Å²) >= 11 is 0. The number of hydrogen-bond acceptors (Lipinski definition) is 3. The van der Waals surface area contributed by atoms with E-state index in [0.29, 0.717) is 22.3 Å². The second-order valence-electron chi connectivity index (χ2n) is 4.73. The summed E-state index contributed by atoms with van der Waals surface area (Å²) in [5.41, 5.74) is 0.939. The normalized spacial score (nSPS) is 10.4. The lowest BCUT2D eigenvalue weighted by Gasteiger charge is -2.08. The number of H-pyrrole nitrogens is 1. The molecule has 2 N–H and O–H groups in total. The molecule has 0 radical (unpaired) electrons. The average Bonchev–Trinajstić information content (AvgIpc) is 2.55. The van der Waals surface area contributed by atoms with Gasteiger partial charge >= 0.3 is 0 Å². The number of aromatic amines is 1. The molecule has 0 fully saturated rings. The van der Waals surface area contributed by atoms with Crippen LogP contribution in [0.25, 0.3) is 10.9 Å². The van der Waals surface area contributed by atoms with E-state index in [1.54, 1.807) is 30.3 Å². The second kappa shape index (κ2) is 5.73. The van der Waals surface area contributed by atoms with Gasteiger partial charge in [-0.2, -0.15) is 0 Å². The number of carbonyl (C=O) groups is 1. The molecule has 110 valence electrons. The van der Waals surface area contributed by atoms with E-state index < -0.39 is 5.91 Å². The van der Waals surface area contributed by atoms with Crippen molar-refractivity contribution in [3.8, 4) is 5.75 Å². The third kappa shape index (κ3) is 2.44. The number of carbonyl (C=O) groups excluding carboxylic acids is 1. The number of methoxy groups -OCH3 is 1. The van der Waals surface area contributed by atoms with E-state index in [2.05, 4.69) is 10.3 Å². The maximum absolute atomic E-state index is 12.5. The number of hydrogen-bond donors (Lipinski definition) is 2. The van der Waals surface area contributed by atoms with Gasteiger partial charge in [-0.05, 0) is 24.3 Å². The first-order valence-corrected chi connectivity index (χ1v) is 6.75. The number of pyridine rings is 1. The highest BCUT2D eigenvalue weighted by Gasteiger charge is 2.14. The van der Waals surface area contributed by atoms with Crippen molar-refractivity contribution >= 4 is 22.5 Å². The molecule has 22 heavy (non-hydrogen) atoms. The van der Waals surface area contributed by atoms with Crippen molar-refractivity contribution in [3.63, 3.8) is 0 Å². The van der Waals surface area contributed by atoms with E-state index in [1.807, 2.05) is 18.2 Å². The smallest absolute Gasteiger partial charge is 0.261 e. The molecule has 0 aliphatic carbocycles. The summed E-state index contributed by atoms with van der Waals surface area (Å²) < 4.78 is 5.21. The summed E-state index contributed by atoms with van der Waals surface area (Å²) in [7, 11) is 1.53. The first kappa shape index (κ1) is 13.9. The zero-order valence-electron chi connectivity index (χ0n) is 11.9. The van der Waals surface area contributed by atoms with Crippen molar-refractivity contribution in [1.29, 1.82) is 0 Å². The number of fused-ring (bicyclic) bond motifs is 1. The molecule has 5 heteroatoms.